The van der Waals surface area contributed by atoms with E-state index in [1.165, 1.54) is 0 Å². The minimum atomic E-state index is -0.355. The van der Waals surface area contributed by atoms with Gasteiger partial charge in [0.1, 0.15) is 0 Å². The van der Waals surface area contributed by atoms with Crippen molar-refractivity contribution in [3.05, 3.63) is 0 Å². The maximum atomic E-state index is 10.4. The molecule has 0 saturated heterocycles. The van der Waals surface area contributed by atoms with E-state index in [1.54, 1.807) is 0 Å². The highest BCUT2D eigenvalue weighted by Crippen LogP contribution is 1.80. The molecule has 0 radical (unpaired) electrons. The molecule has 0 aliphatic rings. The maximum Gasteiger partial charge on any atom is 0.338 e. The van der Waals surface area contributed by atoms with Crippen LogP contribution >= 0.6 is 0 Å². The van der Waals surface area contributed by atoms with Gasteiger partial charge in [-0.2, -0.15) is 4.84 Å². The molecule has 0 amide bonds. The molecule has 0 spiro atoms. The third kappa shape index (κ3) is 7.68. The number of rotatable bonds is 4. The molecule has 0 aromatic rings. The summed E-state index contributed by atoms with van der Waals surface area (Å²) in [6.45, 7) is 2.33. The highest BCUT2D eigenvalue weighted by atomic mass is 35.5. The monoisotopic (exact) mass is 169 g/mol. The standard InChI is InChI=1S/C5H12NO3.ClH/c1-2-3-8-5(7)4-9-6;/h2-4H2,1,6H3;1H/q+1;/p-1. The minimum Gasteiger partial charge on any atom is -1.00 e. The van der Waals surface area contributed by atoms with Crippen LogP contribution in [0.2, 0.25) is 0 Å². The second-order valence-corrected chi connectivity index (χ2v) is 1.57. The molecule has 0 rings (SSSR count). The van der Waals surface area contributed by atoms with Crippen LogP contribution in [0.4, 0.5) is 0 Å². The first-order valence-corrected chi connectivity index (χ1v) is 2.83. The Labute approximate surface area is 66.0 Å². The van der Waals surface area contributed by atoms with Gasteiger partial charge in [-0.05, 0) is 6.42 Å². The molecule has 3 N–H and O–H groups in total. The summed E-state index contributed by atoms with van der Waals surface area (Å²) >= 11 is 0. The maximum absolute atomic E-state index is 10.4. The molecule has 0 bridgehead atoms. The van der Waals surface area contributed by atoms with Crippen molar-refractivity contribution in [3.8, 4) is 0 Å². The molecule has 0 aliphatic carbocycles. The molecule has 0 heterocycles. The summed E-state index contributed by atoms with van der Waals surface area (Å²) in [7, 11) is 0. The summed E-state index contributed by atoms with van der Waals surface area (Å²) in [5.41, 5.74) is 0. The van der Waals surface area contributed by atoms with E-state index in [2.05, 4.69) is 15.5 Å². The molecular formula is C5H12ClNO3. The number of hydrogen-bond acceptors (Lipinski definition) is 3. The van der Waals surface area contributed by atoms with Gasteiger partial charge in [0.15, 0.2) is 0 Å². The lowest BCUT2D eigenvalue weighted by molar-refractivity contribution is -0.685. The molecule has 10 heavy (non-hydrogen) atoms. The Bertz CT molecular complexity index is 89.0. The van der Waals surface area contributed by atoms with Crippen LogP contribution in [0, 0.1) is 0 Å². The highest BCUT2D eigenvalue weighted by molar-refractivity contribution is 5.70. The first-order chi connectivity index (χ1) is 4.31. The number of carbonyl (C=O) groups excluding carboxylic acids is 1. The van der Waals surface area contributed by atoms with E-state index in [0.29, 0.717) is 6.61 Å². The predicted octanol–water partition coefficient (Wildman–Crippen LogP) is -3.88. The van der Waals surface area contributed by atoms with Crippen molar-refractivity contribution in [2.45, 2.75) is 13.3 Å². The van der Waals surface area contributed by atoms with Gasteiger partial charge in [0.2, 0.25) is 6.61 Å². The zero-order chi connectivity index (χ0) is 7.11. The van der Waals surface area contributed by atoms with Crippen molar-refractivity contribution in [1.82, 2.24) is 0 Å². The van der Waals surface area contributed by atoms with Gasteiger partial charge in [0.05, 0.1) is 6.61 Å². The normalized spacial score (nSPS) is 8.20. The molecule has 0 aromatic heterocycles. The van der Waals surface area contributed by atoms with E-state index in [0.717, 1.165) is 6.42 Å². The van der Waals surface area contributed by atoms with Crippen molar-refractivity contribution in [1.29, 1.82) is 0 Å². The van der Waals surface area contributed by atoms with Crippen molar-refractivity contribution in [3.63, 3.8) is 0 Å². The van der Waals surface area contributed by atoms with Gasteiger partial charge in [0.25, 0.3) is 0 Å². The minimum absolute atomic E-state index is 0. The Morgan fingerprint density at radius 3 is 2.60 bits per heavy atom. The van der Waals surface area contributed by atoms with Gasteiger partial charge in [-0.15, -0.1) is 0 Å². The highest BCUT2D eigenvalue weighted by Gasteiger charge is 2.00. The molecule has 0 unspecified atom stereocenters. The number of quaternary nitrogens is 1. The van der Waals surface area contributed by atoms with Crippen molar-refractivity contribution in [2.24, 2.45) is 0 Å². The topological polar surface area (TPSA) is 63.2 Å². The number of halogens is 1. The molecule has 0 fully saturated rings. The zero-order valence-corrected chi connectivity index (χ0v) is 6.69. The third-order valence-electron chi connectivity index (χ3n) is 0.687. The van der Waals surface area contributed by atoms with Crippen LogP contribution in [0.5, 0.6) is 0 Å². The lowest BCUT2D eigenvalue weighted by Crippen LogP contribution is -3.00. The summed E-state index contributed by atoms with van der Waals surface area (Å²) in [4.78, 5) is 14.7. The Morgan fingerprint density at radius 2 is 2.20 bits per heavy atom. The van der Waals surface area contributed by atoms with Crippen LogP contribution in [-0.2, 0) is 14.4 Å². The number of esters is 1. The average molecular weight is 170 g/mol. The van der Waals surface area contributed by atoms with Crippen LogP contribution in [-0.4, -0.2) is 19.2 Å². The fraction of sp³-hybridized carbons (Fsp3) is 0.800. The molecular weight excluding hydrogens is 158 g/mol. The van der Waals surface area contributed by atoms with E-state index in [1.807, 2.05) is 6.92 Å². The zero-order valence-electron chi connectivity index (χ0n) is 5.93. The second kappa shape index (κ2) is 8.68. The van der Waals surface area contributed by atoms with Crippen molar-refractivity contribution >= 4 is 5.97 Å². The van der Waals surface area contributed by atoms with Gasteiger partial charge >= 0.3 is 5.97 Å². The predicted molar refractivity (Wildman–Crippen MR) is 30.1 cm³/mol. The van der Waals surface area contributed by atoms with Gasteiger partial charge in [0, 0.05) is 0 Å². The summed E-state index contributed by atoms with van der Waals surface area (Å²) in [5.74, 6) is 2.68. The Hall–Kier alpha value is -0.320. The Balaban J connectivity index is 0. The average Bonchev–Trinajstić information content (AvgIpc) is 1.85. The number of ether oxygens (including phenoxy) is 1. The fourth-order valence-electron chi connectivity index (χ4n) is 0.341. The van der Waals surface area contributed by atoms with Crippen LogP contribution in [0.1, 0.15) is 13.3 Å². The number of carbonyl (C=O) groups is 1. The summed E-state index contributed by atoms with van der Waals surface area (Å²) in [5, 5.41) is 0. The molecule has 5 heteroatoms. The first-order valence-electron chi connectivity index (χ1n) is 2.83. The molecule has 0 atom stereocenters. The molecule has 62 valence electrons. The fourth-order valence-corrected chi connectivity index (χ4v) is 0.341. The van der Waals surface area contributed by atoms with E-state index < -0.39 is 0 Å². The lowest BCUT2D eigenvalue weighted by atomic mass is 10.5. The smallest absolute Gasteiger partial charge is 0.338 e. The molecule has 0 aliphatic heterocycles. The third-order valence-corrected chi connectivity index (χ3v) is 0.687. The van der Waals surface area contributed by atoms with E-state index in [4.69, 9.17) is 0 Å². The Morgan fingerprint density at radius 1 is 1.60 bits per heavy atom. The summed E-state index contributed by atoms with van der Waals surface area (Å²) < 4.78 is 4.63. The quantitative estimate of drug-likeness (QED) is 0.346. The first kappa shape index (κ1) is 12.4. The van der Waals surface area contributed by atoms with Crippen LogP contribution < -0.4 is 18.3 Å². The largest absolute Gasteiger partial charge is 1.00 e. The molecule has 0 aromatic carbocycles. The van der Waals surface area contributed by atoms with E-state index >= 15 is 0 Å². The van der Waals surface area contributed by atoms with E-state index in [9.17, 15) is 4.79 Å². The number of hydrogen-bond donors (Lipinski definition) is 1. The lowest BCUT2D eigenvalue weighted by Gasteiger charge is -1.97. The van der Waals surface area contributed by atoms with Gasteiger partial charge in [-0.3, -0.25) is 0 Å². The van der Waals surface area contributed by atoms with E-state index in [-0.39, 0.29) is 25.0 Å². The van der Waals surface area contributed by atoms with Gasteiger partial charge in [-0.1, -0.05) is 6.92 Å². The SMILES string of the molecule is CCCOC(=O)CO[NH3+].[Cl-]. The van der Waals surface area contributed by atoms with Crippen molar-refractivity contribution in [2.75, 3.05) is 13.2 Å². The van der Waals surface area contributed by atoms with Crippen LogP contribution in [0.25, 0.3) is 0 Å². The van der Waals surface area contributed by atoms with Crippen LogP contribution in [0.15, 0.2) is 0 Å². The second-order valence-electron chi connectivity index (χ2n) is 1.57. The van der Waals surface area contributed by atoms with Crippen LogP contribution in [0.3, 0.4) is 0 Å². The molecule has 4 nitrogen and oxygen atoms in total. The van der Waals surface area contributed by atoms with Gasteiger partial charge in [-0.25, -0.2) is 10.7 Å². The van der Waals surface area contributed by atoms with Crippen molar-refractivity contribution < 1.29 is 32.7 Å². The summed E-state index contributed by atoms with van der Waals surface area (Å²) in [6, 6.07) is 0. The summed E-state index contributed by atoms with van der Waals surface area (Å²) in [6.07, 6.45) is 0.836. The van der Waals surface area contributed by atoms with Gasteiger partial charge < -0.3 is 17.1 Å². The molecule has 0 saturated carbocycles. The Kier molecular flexibility index (Phi) is 10.7.